The summed E-state index contributed by atoms with van der Waals surface area (Å²) in [5.74, 6) is -0.711. The van der Waals surface area contributed by atoms with Gasteiger partial charge in [-0.15, -0.1) is 0 Å². The molecule has 1 aliphatic heterocycles. The summed E-state index contributed by atoms with van der Waals surface area (Å²) in [5.41, 5.74) is 0.314. The van der Waals surface area contributed by atoms with E-state index in [2.05, 4.69) is 5.32 Å². The molecule has 160 valence electrons. The summed E-state index contributed by atoms with van der Waals surface area (Å²) in [6.07, 6.45) is 5.28. The Kier molecular flexibility index (Phi) is 7.13. The molecule has 1 aliphatic carbocycles. The van der Waals surface area contributed by atoms with Gasteiger partial charge >= 0.3 is 5.97 Å². The Morgan fingerprint density at radius 2 is 1.86 bits per heavy atom. The predicted molar refractivity (Wildman–Crippen MR) is 107 cm³/mol. The van der Waals surface area contributed by atoms with Crippen molar-refractivity contribution in [2.75, 3.05) is 31.6 Å². The average molecular weight is 425 g/mol. The summed E-state index contributed by atoms with van der Waals surface area (Å²) in [7, 11) is -3.73. The van der Waals surface area contributed by atoms with E-state index < -0.39 is 22.5 Å². The number of anilines is 1. The number of hydrogen-bond acceptors (Lipinski definition) is 6. The number of hydrogen-bond donors (Lipinski definition) is 1. The lowest BCUT2D eigenvalue weighted by atomic mass is 9.86. The van der Waals surface area contributed by atoms with E-state index in [0.29, 0.717) is 25.4 Å². The van der Waals surface area contributed by atoms with Gasteiger partial charge in [-0.1, -0.05) is 12.8 Å². The van der Waals surface area contributed by atoms with E-state index in [1.165, 1.54) is 16.4 Å². The molecule has 29 heavy (non-hydrogen) atoms. The van der Waals surface area contributed by atoms with Crippen LogP contribution in [0, 0.1) is 5.92 Å². The fourth-order valence-electron chi connectivity index (χ4n) is 3.40. The van der Waals surface area contributed by atoms with Gasteiger partial charge in [0.15, 0.2) is 6.61 Å². The summed E-state index contributed by atoms with van der Waals surface area (Å²) >= 11 is 0. The van der Waals surface area contributed by atoms with E-state index in [1.54, 1.807) is 13.0 Å². The first-order valence-corrected chi connectivity index (χ1v) is 11.6. The molecule has 1 heterocycles. The Balaban J connectivity index is 1.71. The molecule has 0 unspecified atom stereocenters. The molecule has 8 nitrogen and oxygen atoms in total. The summed E-state index contributed by atoms with van der Waals surface area (Å²) in [6, 6.07) is 4.52. The molecule has 1 N–H and O–H groups in total. The van der Waals surface area contributed by atoms with Crippen LogP contribution in [0.4, 0.5) is 5.69 Å². The van der Waals surface area contributed by atoms with Crippen molar-refractivity contribution < 1.29 is 27.5 Å². The second-order valence-corrected chi connectivity index (χ2v) is 9.25. The minimum absolute atomic E-state index is 0.0329. The Labute approximate surface area is 171 Å². The van der Waals surface area contributed by atoms with Crippen LogP contribution in [0.25, 0.3) is 0 Å². The third-order valence-electron chi connectivity index (χ3n) is 5.24. The highest BCUT2D eigenvalue weighted by molar-refractivity contribution is 7.89. The van der Waals surface area contributed by atoms with Crippen LogP contribution in [-0.4, -0.2) is 50.9 Å². The van der Waals surface area contributed by atoms with Crippen LogP contribution in [0.5, 0.6) is 5.75 Å². The quantitative estimate of drug-likeness (QED) is 0.644. The lowest BCUT2D eigenvalue weighted by Gasteiger charge is -2.27. The van der Waals surface area contributed by atoms with Crippen LogP contribution in [0.15, 0.2) is 23.1 Å². The number of ether oxygens (including phenoxy) is 2. The number of esters is 1. The van der Waals surface area contributed by atoms with Gasteiger partial charge in [-0.3, -0.25) is 9.59 Å². The lowest BCUT2D eigenvalue weighted by Crippen LogP contribution is -2.35. The number of carbonyl (C=O) groups is 2. The SMILES string of the molecule is CCOc1ccc(NC(=O)COC(=O)C2CCC2)cc1S(=O)(=O)N1CCCCC1. The highest BCUT2D eigenvalue weighted by atomic mass is 32.2. The molecule has 1 saturated carbocycles. The lowest BCUT2D eigenvalue weighted by molar-refractivity contribution is -0.154. The van der Waals surface area contributed by atoms with E-state index >= 15 is 0 Å². The first kappa shape index (κ1) is 21.6. The zero-order valence-electron chi connectivity index (χ0n) is 16.7. The fourth-order valence-corrected chi connectivity index (χ4v) is 5.08. The zero-order valence-corrected chi connectivity index (χ0v) is 17.5. The maximum absolute atomic E-state index is 13.1. The molecule has 1 aromatic rings. The molecule has 3 rings (SSSR count). The first-order valence-electron chi connectivity index (χ1n) is 10.2. The van der Waals surface area contributed by atoms with Gasteiger partial charge in [0, 0.05) is 18.8 Å². The number of benzene rings is 1. The summed E-state index contributed by atoms with van der Waals surface area (Å²) in [6.45, 7) is 2.66. The molecule has 0 aromatic heterocycles. The predicted octanol–water partition coefficient (Wildman–Crippen LogP) is 2.54. The van der Waals surface area contributed by atoms with E-state index in [4.69, 9.17) is 9.47 Å². The van der Waals surface area contributed by atoms with E-state index in [9.17, 15) is 18.0 Å². The summed E-state index contributed by atoms with van der Waals surface area (Å²) < 4.78 is 38.2. The Bertz CT molecular complexity index is 845. The van der Waals surface area contributed by atoms with E-state index in [-0.39, 0.29) is 22.5 Å². The molecule has 1 saturated heterocycles. The third kappa shape index (κ3) is 5.27. The second-order valence-electron chi connectivity index (χ2n) is 7.34. The standard InChI is InChI=1S/C20H28N2O6S/c1-2-27-17-10-9-16(21-19(23)14-28-20(24)15-7-6-8-15)13-18(17)29(25,26)22-11-4-3-5-12-22/h9-10,13,15H,2-8,11-12,14H2,1H3,(H,21,23). The van der Waals surface area contributed by atoms with Crippen molar-refractivity contribution in [3.8, 4) is 5.75 Å². The van der Waals surface area contributed by atoms with Gasteiger partial charge in [0.2, 0.25) is 10.0 Å². The molecule has 0 atom stereocenters. The summed E-state index contributed by atoms with van der Waals surface area (Å²) in [4.78, 5) is 23.9. The molecular weight excluding hydrogens is 396 g/mol. The molecular formula is C20H28N2O6S. The smallest absolute Gasteiger partial charge is 0.309 e. The Morgan fingerprint density at radius 3 is 2.48 bits per heavy atom. The van der Waals surface area contributed by atoms with Crippen molar-refractivity contribution in [3.05, 3.63) is 18.2 Å². The number of carbonyl (C=O) groups excluding carboxylic acids is 2. The number of piperidine rings is 1. The van der Waals surface area contributed by atoms with Gasteiger partial charge in [-0.05, 0) is 50.8 Å². The van der Waals surface area contributed by atoms with Gasteiger partial charge in [-0.25, -0.2) is 8.42 Å². The van der Waals surface area contributed by atoms with Crippen molar-refractivity contribution in [1.29, 1.82) is 0 Å². The van der Waals surface area contributed by atoms with E-state index in [0.717, 1.165) is 38.5 Å². The largest absolute Gasteiger partial charge is 0.492 e. The van der Waals surface area contributed by atoms with Crippen molar-refractivity contribution in [3.63, 3.8) is 0 Å². The number of nitrogens with one attached hydrogen (secondary N) is 1. The molecule has 0 spiro atoms. The summed E-state index contributed by atoms with van der Waals surface area (Å²) in [5, 5.41) is 2.60. The van der Waals surface area contributed by atoms with Crippen LogP contribution in [0.3, 0.4) is 0 Å². The van der Waals surface area contributed by atoms with Crippen LogP contribution in [0.2, 0.25) is 0 Å². The van der Waals surface area contributed by atoms with Gasteiger partial charge in [0.05, 0.1) is 12.5 Å². The molecule has 9 heteroatoms. The van der Waals surface area contributed by atoms with Crippen LogP contribution < -0.4 is 10.1 Å². The Morgan fingerprint density at radius 1 is 1.14 bits per heavy atom. The molecule has 0 radical (unpaired) electrons. The average Bonchev–Trinajstić information content (AvgIpc) is 2.67. The zero-order chi connectivity index (χ0) is 20.9. The topological polar surface area (TPSA) is 102 Å². The minimum Gasteiger partial charge on any atom is -0.492 e. The van der Waals surface area contributed by atoms with Crippen LogP contribution in [-0.2, 0) is 24.3 Å². The monoisotopic (exact) mass is 424 g/mol. The van der Waals surface area contributed by atoms with Crippen molar-refractivity contribution in [2.24, 2.45) is 5.92 Å². The highest BCUT2D eigenvalue weighted by Gasteiger charge is 2.30. The van der Waals surface area contributed by atoms with Crippen molar-refractivity contribution in [1.82, 2.24) is 4.31 Å². The van der Waals surface area contributed by atoms with E-state index in [1.807, 2.05) is 0 Å². The number of nitrogens with zero attached hydrogens (tertiary/aromatic N) is 1. The van der Waals surface area contributed by atoms with Crippen molar-refractivity contribution >= 4 is 27.6 Å². The second kappa shape index (κ2) is 9.58. The molecule has 0 bridgehead atoms. The fraction of sp³-hybridized carbons (Fsp3) is 0.600. The third-order valence-corrected chi connectivity index (χ3v) is 7.16. The number of amides is 1. The molecule has 1 amide bonds. The minimum atomic E-state index is -3.73. The molecule has 2 aliphatic rings. The highest BCUT2D eigenvalue weighted by Crippen LogP contribution is 2.31. The van der Waals surface area contributed by atoms with Crippen LogP contribution >= 0.6 is 0 Å². The van der Waals surface area contributed by atoms with Gasteiger partial charge in [0.25, 0.3) is 5.91 Å². The van der Waals surface area contributed by atoms with Gasteiger partial charge in [0.1, 0.15) is 10.6 Å². The maximum atomic E-state index is 13.1. The van der Waals surface area contributed by atoms with Crippen molar-refractivity contribution in [2.45, 2.75) is 50.3 Å². The Hall–Kier alpha value is -2.13. The normalized spacial score (nSPS) is 18.0. The van der Waals surface area contributed by atoms with Gasteiger partial charge < -0.3 is 14.8 Å². The molecule has 2 fully saturated rings. The number of rotatable bonds is 8. The number of sulfonamides is 1. The molecule has 1 aromatic carbocycles. The van der Waals surface area contributed by atoms with Gasteiger partial charge in [-0.2, -0.15) is 4.31 Å². The van der Waals surface area contributed by atoms with Crippen LogP contribution in [0.1, 0.15) is 45.4 Å². The first-order chi connectivity index (χ1) is 13.9. The maximum Gasteiger partial charge on any atom is 0.309 e.